The van der Waals surface area contributed by atoms with Crippen molar-refractivity contribution in [3.63, 3.8) is 0 Å². The second-order valence-corrected chi connectivity index (χ2v) is 5.17. The van der Waals surface area contributed by atoms with Crippen molar-refractivity contribution in [2.75, 3.05) is 33.4 Å². The summed E-state index contributed by atoms with van der Waals surface area (Å²) in [6.07, 6.45) is 2.36. The highest BCUT2D eigenvalue weighted by molar-refractivity contribution is 4.83. The molecule has 1 heterocycles. The Morgan fingerprint density at radius 3 is 2.47 bits per heavy atom. The number of nitrogens with one attached hydrogen (secondary N) is 1. The van der Waals surface area contributed by atoms with Gasteiger partial charge in [-0.2, -0.15) is 0 Å². The average molecular weight is 214 g/mol. The molecule has 1 aliphatic heterocycles. The third-order valence-corrected chi connectivity index (χ3v) is 3.11. The van der Waals surface area contributed by atoms with E-state index in [1.807, 2.05) is 0 Å². The third-order valence-electron chi connectivity index (χ3n) is 3.11. The molecule has 0 saturated carbocycles. The molecule has 0 atom stereocenters. The van der Waals surface area contributed by atoms with Gasteiger partial charge in [0.15, 0.2) is 0 Å². The van der Waals surface area contributed by atoms with E-state index in [9.17, 15) is 0 Å². The van der Waals surface area contributed by atoms with Crippen LogP contribution in [0.4, 0.5) is 0 Å². The summed E-state index contributed by atoms with van der Waals surface area (Å²) in [6, 6.07) is 0.705. The van der Waals surface area contributed by atoms with Crippen LogP contribution in [0.15, 0.2) is 0 Å². The lowest BCUT2D eigenvalue weighted by Gasteiger charge is -2.37. The zero-order chi connectivity index (χ0) is 11.3. The molecule has 0 spiro atoms. The minimum Gasteiger partial charge on any atom is -0.381 e. The second kappa shape index (κ2) is 5.83. The molecular formula is C12H26N2O. The molecule has 1 rings (SSSR count). The average Bonchev–Trinajstić information content (AvgIpc) is 2.18. The van der Waals surface area contributed by atoms with Gasteiger partial charge in [-0.15, -0.1) is 0 Å². The fraction of sp³-hybridized carbons (Fsp3) is 1.00. The highest BCUT2D eigenvalue weighted by atomic mass is 16.5. The molecule has 0 aliphatic carbocycles. The van der Waals surface area contributed by atoms with E-state index in [1.54, 1.807) is 0 Å². The Bertz CT molecular complexity index is 176. The Morgan fingerprint density at radius 2 is 1.93 bits per heavy atom. The van der Waals surface area contributed by atoms with Gasteiger partial charge in [-0.1, -0.05) is 6.92 Å². The summed E-state index contributed by atoms with van der Waals surface area (Å²) in [5, 5.41) is 3.52. The van der Waals surface area contributed by atoms with Gasteiger partial charge >= 0.3 is 0 Å². The molecule has 0 radical (unpaired) electrons. The minimum absolute atomic E-state index is 0.210. The molecule has 0 bridgehead atoms. The van der Waals surface area contributed by atoms with Crippen LogP contribution in [0, 0.1) is 0 Å². The Balaban J connectivity index is 2.35. The number of nitrogens with zero attached hydrogens (tertiary/aromatic N) is 1. The van der Waals surface area contributed by atoms with Crippen molar-refractivity contribution in [2.24, 2.45) is 0 Å². The topological polar surface area (TPSA) is 24.5 Å². The maximum atomic E-state index is 5.39. The van der Waals surface area contributed by atoms with Crippen LogP contribution in [-0.4, -0.2) is 49.8 Å². The van der Waals surface area contributed by atoms with E-state index < -0.39 is 0 Å². The van der Waals surface area contributed by atoms with Crippen LogP contribution >= 0.6 is 0 Å². The minimum atomic E-state index is 0.210. The van der Waals surface area contributed by atoms with E-state index >= 15 is 0 Å². The van der Waals surface area contributed by atoms with Gasteiger partial charge < -0.3 is 15.0 Å². The summed E-state index contributed by atoms with van der Waals surface area (Å²) in [5.41, 5.74) is 0.210. The van der Waals surface area contributed by atoms with Gasteiger partial charge in [0.2, 0.25) is 0 Å². The van der Waals surface area contributed by atoms with Crippen molar-refractivity contribution in [1.29, 1.82) is 0 Å². The van der Waals surface area contributed by atoms with Crippen LogP contribution in [0.3, 0.4) is 0 Å². The van der Waals surface area contributed by atoms with Crippen molar-refractivity contribution in [1.82, 2.24) is 10.2 Å². The van der Waals surface area contributed by atoms with Crippen molar-refractivity contribution in [3.05, 3.63) is 0 Å². The molecule has 0 unspecified atom stereocenters. The van der Waals surface area contributed by atoms with Crippen molar-refractivity contribution >= 4 is 0 Å². The lowest BCUT2D eigenvalue weighted by atomic mass is 10.0. The Labute approximate surface area is 94.2 Å². The Morgan fingerprint density at radius 1 is 1.33 bits per heavy atom. The zero-order valence-corrected chi connectivity index (χ0v) is 10.7. The van der Waals surface area contributed by atoms with E-state index in [-0.39, 0.29) is 5.54 Å². The first-order valence-electron chi connectivity index (χ1n) is 6.08. The first-order chi connectivity index (χ1) is 7.05. The standard InChI is InChI=1S/C12H26N2O/c1-5-13-12(2,3)10-14(4)11-6-8-15-9-7-11/h11,13H,5-10H2,1-4H3. The maximum absolute atomic E-state index is 5.39. The van der Waals surface area contributed by atoms with E-state index in [4.69, 9.17) is 4.74 Å². The molecule has 15 heavy (non-hydrogen) atoms. The fourth-order valence-electron chi connectivity index (χ4n) is 2.41. The van der Waals surface area contributed by atoms with Crippen LogP contribution < -0.4 is 5.32 Å². The summed E-state index contributed by atoms with van der Waals surface area (Å²) >= 11 is 0. The van der Waals surface area contributed by atoms with E-state index in [0.29, 0.717) is 6.04 Å². The molecule has 3 nitrogen and oxygen atoms in total. The molecule has 1 N–H and O–H groups in total. The highest BCUT2D eigenvalue weighted by Crippen LogP contribution is 2.15. The van der Waals surface area contributed by atoms with Gasteiger partial charge in [-0.3, -0.25) is 0 Å². The van der Waals surface area contributed by atoms with Crippen LogP contribution in [0.1, 0.15) is 33.6 Å². The predicted molar refractivity (Wildman–Crippen MR) is 64.2 cm³/mol. The largest absolute Gasteiger partial charge is 0.381 e. The van der Waals surface area contributed by atoms with Gasteiger partial charge in [-0.05, 0) is 40.3 Å². The molecule has 0 aromatic heterocycles. The lowest BCUT2D eigenvalue weighted by Crippen LogP contribution is -2.51. The first-order valence-corrected chi connectivity index (χ1v) is 6.08. The molecule has 0 aromatic rings. The normalized spacial score (nSPS) is 19.8. The lowest BCUT2D eigenvalue weighted by molar-refractivity contribution is 0.0357. The molecule has 0 amide bonds. The van der Waals surface area contributed by atoms with Gasteiger partial charge in [0.1, 0.15) is 0 Å². The molecule has 1 aliphatic rings. The maximum Gasteiger partial charge on any atom is 0.0480 e. The quantitative estimate of drug-likeness (QED) is 0.750. The van der Waals surface area contributed by atoms with Gasteiger partial charge in [0.05, 0.1) is 0 Å². The summed E-state index contributed by atoms with van der Waals surface area (Å²) in [7, 11) is 2.23. The van der Waals surface area contributed by atoms with E-state index in [0.717, 1.165) is 26.3 Å². The molecule has 1 saturated heterocycles. The third kappa shape index (κ3) is 4.49. The molecular weight excluding hydrogens is 188 g/mol. The van der Waals surface area contributed by atoms with Crippen LogP contribution in [0.5, 0.6) is 0 Å². The van der Waals surface area contributed by atoms with Crippen LogP contribution in [-0.2, 0) is 4.74 Å². The number of likely N-dealkylation sites (N-methyl/N-ethyl adjacent to an activating group) is 2. The van der Waals surface area contributed by atoms with E-state index in [2.05, 4.69) is 38.0 Å². The van der Waals surface area contributed by atoms with Crippen molar-refractivity contribution in [2.45, 2.75) is 45.2 Å². The van der Waals surface area contributed by atoms with Crippen molar-refractivity contribution in [3.8, 4) is 0 Å². The van der Waals surface area contributed by atoms with Crippen LogP contribution in [0.25, 0.3) is 0 Å². The molecule has 0 aromatic carbocycles. The number of rotatable bonds is 5. The number of hydrogen-bond donors (Lipinski definition) is 1. The second-order valence-electron chi connectivity index (χ2n) is 5.17. The Hall–Kier alpha value is -0.120. The number of hydrogen-bond acceptors (Lipinski definition) is 3. The Kier molecular flexibility index (Phi) is 5.03. The molecule has 3 heteroatoms. The first kappa shape index (κ1) is 12.9. The zero-order valence-electron chi connectivity index (χ0n) is 10.7. The smallest absolute Gasteiger partial charge is 0.0480 e. The van der Waals surface area contributed by atoms with E-state index in [1.165, 1.54) is 12.8 Å². The summed E-state index contributed by atoms with van der Waals surface area (Å²) in [5.74, 6) is 0. The molecule has 90 valence electrons. The molecule has 1 fully saturated rings. The van der Waals surface area contributed by atoms with Gasteiger partial charge in [0, 0.05) is 31.3 Å². The van der Waals surface area contributed by atoms with Gasteiger partial charge in [-0.25, -0.2) is 0 Å². The monoisotopic (exact) mass is 214 g/mol. The van der Waals surface area contributed by atoms with Crippen LogP contribution in [0.2, 0.25) is 0 Å². The van der Waals surface area contributed by atoms with Crippen molar-refractivity contribution < 1.29 is 4.74 Å². The fourth-order valence-corrected chi connectivity index (χ4v) is 2.41. The number of ether oxygens (including phenoxy) is 1. The predicted octanol–water partition coefficient (Wildman–Crippen LogP) is 1.49. The highest BCUT2D eigenvalue weighted by Gasteiger charge is 2.24. The summed E-state index contributed by atoms with van der Waals surface area (Å²) in [4.78, 5) is 2.48. The summed E-state index contributed by atoms with van der Waals surface area (Å²) < 4.78 is 5.39. The van der Waals surface area contributed by atoms with Gasteiger partial charge in [0.25, 0.3) is 0 Å². The SMILES string of the molecule is CCNC(C)(C)CN(C)C1CCOCC1. The summed E-state index contributed by atoms with van der Waals surface area (Å²) in [6.45, 7) is 10.7.